The van der Waals surface area contributed by atoms with Crippen LogP contribution in [0.5, 0.6) is 0 Å². The number of halogens is 2. The standard InChI is InChI=1S/C17H15ClFNO/c18-13-8-6-12(7-9-13)17(10-3-11-17)16(21)20-15-5-2-1-4-14(15)19/h1-2,4-9H,3,10-11H2,(H,20,21). The van der Waals surface area contributed by atoms with Gasteiger partial charge in [0.2, 0.25) is 5.91 Å². The second-order valence-electron chi connectivity index (χ2n) is 5.38. The number of para-hydroxylation sites is 1. The number of benzene rings is 2. The fraction of sp³-hybridized carbons (Fsp3) is 0.235. The van der Waals surface area contributed by atoms with Crippen LogP contribution in [0.2, 0.25) is 5.02 Å². The number of amides is 1. The maximum atomic E-state index is 13.7. The van der Waals surface area contributed by atoms with Gasteiger partial charge in [-0.2, -0.15) is 0 Å². The molecule has 1 aliphatic carbocycles. The molecule has 108 valence electrons. The summed E-state index contributed by atoms with van der Waals surface area (Å²) in [7, 11) is 0. The number of anilines is 1. The molecule has 0 spiro atoms. The molecule has 0 heterocycles. The van der Waals surface area contributed by atoms with Gasteiger partial charge in [0.25, 0.3) is 0 Å². The van der Waals surface area contributed by atoms with Crippen LogP contribution in [0.25, 0.3) is 0 Å². The Hall–Kier alpha value is -1.87. The number of carbonyl (C=O) groups excluding carboxylic acids is 1. The normalized spacial score (nSPS) is 16.1. The highest BCUT2D eigenvalue weighted by atomic mass is 35.5. The summed E-state index contributed by atoms with van der Waals surface area (Å²) in [6.45, 7) is 0. The largest absolute Gasteiger partial charge is 0.323 e. The average molecular weight is 304 g/mol. The summed E-state index contributed by atoms with van der Waals surface area (Å²) in [6.07, 6.45) is 2.54. The second kappa shape index (κ2) is 5.49. The van der Waals surface area contributed by atoms with Gasteiger partial charge >= 0.3 is 0 Å². The summed E-state index contributed by atoms with van der Waals surface area (Å²) in [5.41, 5.74) is 0.599. The molecule has 4 heteroatoms. The third-order valence-corrected chi connectivity index (χ3v) is 4.41. The molecule has 1 saturated carbocycles. The van der Waals surface area contributed by atoms with Crippen molar-refractivity contribution >= 4 is 23.2 Å². The van der Waals surface area contributed by atoms with E-state index in [0.717, 1.165) is 24.8 Å². The molecule has 0 bridgehead atoms. The molecule has 3 rings (SSSR count). The predicted molar refractivity (Wildman–Crippen MR) is 82.0 cm³/mol. The van der Waals surface area contributed by atoms with Crippen LogP contribution in [0.4, 0.5) is 10.1 Å². The van der Waals surface area contributed by atoms with E-state index < -0.39 is 11.2 Å². The van der Waals surface area contributed by atoms with Crippen LogP contribution in [0.1, 0.15) is 24.8 Å². The number of nitrogens with one attached hydrogen (secondary N) is 1. The number of carbonyl (C=O) groups is 1. The Morgan fingerprint density at radius 1 is 1.10 bits per heavy atom. The van der Waals surface area contributed by atoms with E-state index >= 15 is 0 Å². The quantitative estimate of drug-likeness (QED) is 0.886. The van der Waals surface area contributed by atoms with Crippen molar-refractivity contribution < 1.29 is 9.18 Å². The minimum absolute atomic E-state index is 0.152. The summed E-state index contributed by atoms with van der Waals surface area (Å²) in [4.78, 5) is 12.6. The van der Waals surface area contributed by atoms with Gasteiger partial charge in [0.15, 0.2) is 0 Å². The van der Waals surface area contributed by atoms with Crippen LogP contribution in [0.15, 0.2) is 48.5 Å². The Bertz CT molecular complexity index is 665. The van der Waals surface area contributed by atoms with Crippen molar-refractivity contribution in [3.63, 3.8) is 0 Å². The van der Waals surface area contributed by atoms with Crippen molar-refractivity contribution in [2.75, 3.05) is 5.32 Å². The van der Waals surface area contributed by atoms with Gasteiger partial charge in [-0.15, -0.1) is 0 Å². The molecule has 2 aromatic carbocycles. The maximum absolute atomic E-state index is 13.7. The average Bonchev–Trinajstić information content (AvgIpc) is 2.42. The van der Waals surface area contributed by atoms with Gasteiger partial charge < -0.3 is 5.32 Å². The van der Waals surface area contributed by atoms with Crippen molar-refractivity contribution in [3.05, 3.63) is 64.9 Å². The molecular formula is C17H15ClFNO. The van der Waals surface area contributed by atoms with E-state index in [1.807, 2.05) is 12.1 Å². The fourth-order valence-corrected chi connectivity index (χ4v) is 2.88. The smallest absolute Gasteiger partial charge is 0.235 e. The third kappa shape index (κ3) is 2.54. The summed E-state index contributed by atoms with van der Waals surface area (Å²) in [6, 6.07) is 13.5. The Kier molecular flexibility index (Phi) is 3.68. The van der Waals surface area contributed by atoms with Gasteiger partial charge in [-0.25, -0.2) is 4.39 Å². The van der Waals surface area contributed by atoms with Crippen LogP contribution in [-0.4, -0.2) is 5.91 Å². The molecule has 2 aromatic rings. The Morgan fingerprint density at radius 2 is 1.76 bits per heavy atom. The van der Waals surface area contributed by atoms with E-state index in [2.05, 4.69) is 5.32 Å². The first-order valence-electron chi connectivity index (χ1n) is 6.94. The van der Waals surface area contributed by atoms with Crippen molar-refractivity contribution in [2.45, 2.75) is 24.7 Å². The lowest BCUT2D eigenvalue weighted by Crippen LogP contribution is -2.46. The van der Waals surface area contributed by atoms with E-state index in [0.29, 0.717) is 5.02 Å². The van der Waals surface area contributed by atoms with Crippen LogP contribution in [-0.2, 0) is 10.2 Å². The zero-order valence-electron chi connectivity index (χ0n) is 11.4. The molecule has 0 aromatic heterocycles. The molecule has 2 nitrogen and oxygen atoms in total. The van der Waals surface area contributed by atoms with Crippen LogP contribution >= 0.6 is 11.6 Å². The minimum Gasteiger partial charge on any atom is -0.323 e. The molecular weight excluding hydrogens is 289 g/mol. The molecule has 0 aliphatic heterocycles. The van der Waals surface area contributed by atoms with Gasteiger partial charge in [0.1, 0.15) is 5.82 Å². The van der Waals surface area contributed by atoms with Gasteiger partial charge in [0, 0.05) is 5.02 Å². The molecule has 0 saturated heterocycles. The van der Waals surface area contributed by atoms with Crippen molar-refractivity contribution in [1.29, 1.82) is 0 Å². The minimum atomic E-state index is -0.563. The first kappa shape index (κ1) is 14.1. The highest BCUT2D eigenvalue weighted by Crippen LogP contribution is 2.44. The van der Waals surface area contributed by atoms with E-state index in [9.17, 15) is 9.18 Å². The molecule has 21 heavy (non-hydrogen) atoms. The first-order valence-corrected chi connectivity index (χ1v) is 7.32. The third-order valence-electron chi connectivity index (χ3n) is 4.16. The molecule has 0 unspecified atom stereocenters. The molecule has 0 radical (unpaired) electrons. The summed E-state index contributed by atoms with van der Waals surface area (Å²) >= 11 is 5.90. The van der Waals surface area contributed by atoms with E-state index in [4.69, 9.17) is 11.6 Å². The molecule has 1 fully saturated rings. The number of hydrogen-bond acceptors (Lipinski definition) is 1. The zero-order valence-corrected chi connectivity index (χ0v) is 12.2. The van der Waals surface area contributed by atoms with E-state index in [1.165, 1.54) is 6.07 Å². The Balaban J connectivity index is 1.87. The van der Waals surface area contributed by atoms with Gasteiger partial charge in [-0.3, -0.25) is 4.79 Å². The van der Waals surface area contributed by atoms with Gasteiger partial charge in [0.05, 0.1) is 11.1 Å². The van der Waals surface area contributed by atoms with E-state index in [1.54, 1.807) is 30.3 Å². The van der Waals surface area contributed by atoms with Crippen LogP contribution in [0.3, 0.4) is 0 Å². The molecule has 0 atom stereocenters. The number of rotatable bonds is 3. The highest BCUT2D eigenvalue weighted by Gasteiger charge is 2.45. The van der Waals surface area contributed by atoms with Crippen LogP contribution in [0, 0.1) is 5.82 Å². The van der Waals surface area contributed by atoms with Crippen molar-refractivity contribution in [2.24, 2.45) is 0 Å². The summed E-state index contributed by atoms with van der Waals surface area (Å²) < 4.78 is 13.7. The topological polar surface area (TPSA) is 29.1 Å². The molecule has 1 aliphatic rings. The fourth-order valence-electron chi connectivity index (χ4n) is 2.75. The van der Waals surface area contributed by atoms with Crippen LogP contribution < -0.4 is 5.32 Å². The first-order chi connectivity index (χ1) is 10.1. The van der Waals surface area contributed by atoms with Crippen molar-refractivity contribution in [1.82, 2.24) is 0 Å². The zero-order chi connectivity index (χ0) is 14.9. The summed E-state index contributed by atoms with van der Waals surface area (Å²) in [5.74, 6) is -0.572. The lowest BCUT2D eigenvalue weighted by atomic mass is 9.64. The van der Waals surface area contributed by atoms with Gasteiger partial charge in [-0.1, -0.05) is 42.3 Å². The maximum Gasteiger partial charge on any atom is 0.235 e. The Morgan fingerprint density at radius 3 is 2.33 bits per heavy atom. The van der Waals surface area contributed by atoms with E-state index in [-0.39, 0.29) is 11.6 Å². The monoisotopic (exact) mass is 303 g/mol. The summed E-state index contributed by atoms with van der Waals surface area (Å²) in [5, 5.41) is 3.36. The molecule has 1 N–H and O–H groups in total. The second-order valence-corrected chi connectivity index (χ2v) is 5.81. The lowest BCUT2D eigenvalue weighted by Gasteiger charge is -2.40. The Labute approximate surface area is 127 Å². The lowest BCUT2D eigenvalue weighted by molar-refractivity contribution is -0.124. The number of hydrogen-bond donors (Lipinski definition) is 1. The SMILES string of the molecule is O=C(Nc1ccccc1F)C1(c2ccc(Cl)cc2)CCC1. The molecule has 1 amide bonds. The highest BCUT2D eigenvalue weighted by molar-refractivity contribution is 6.30. The van der Waals surface area contributed by atoms with Crippen molar-refractivity contribution in [3.8, 4) is 0 Å². The predicted octanol–water partition coefficient (Wildman–Crippen LogP) is 4.54. The van der Waals surface area contributed by atoms with Gasteiger partial charge in [-0.05, 0) is 42.7 Å².